The Labute approximate surface area is 231 Å². The van der Waals surface area contributed by atoms with E-state index >= 15 is 0 Å². The zero-order valence-electron chi connectivity index (χ0n) is 21.7. The highest BCUT2D eigenvalue weighted by atomic mass is 35.5. The number of aromatic nitrogens is 3. The Hall–Kier alpha value is -4.37. The number of anilines is 1. The minimum absolute atomic E-state index is 0.104. The fourth-order valence-corrected chi connectivity index (χ4v) is 4.74. The minimum Gasteiger partial charge on any atom is -0.497 e. The molecule has 39 heavy (non-hydrogen) atoms. The molecule has 0 spiro atoms. The maximum absolute atomic E-state index is 12.9. The summed E-state index contributed by atoms with van der Waals surface area (Å²) in [6, 6.07) is 20.7. The summed E-state index contributed by atoms with van der Waals surface area (Å²) in [6.45, 7) is 4.59. The highest BCUT2D eigenvalue weighted by Crippen LogP contribution is 2.28. The van der Waals surface area contributed by atoms with Gasteiger partial charge in [-0.15, -0.1) is 0 Å². The van der Waals surface area contributed by atoms with Crippen molar-refractivity contribution in [3.8, 4) is 22.7 Å². The van der Waals surface area contributed by atoms with Gasteiger partial charge in [0.05, 0.1) is 30.7 Å². The molecular weight excluding hydrogens is 518 g/mol. The molecule has 1 aliphatic heterocycles. The molecule has 1 amide bonds. The van der Waals surface area contributed by atoms with E-state index in [0.29, 0.717) is 31.7 Å². The van der Waals surface area contributed by atoms with Crippen LogP contribution in [0, 0.1) is 0 Å². The normalized spacial score (nSPS) is 13.3. The predicted octanol–water partition coefficient (Wildman–Crippen LogP) is 4.74. The molecule has 200 valence electrons. The number of esters is 1. The predicted molar refractivity (Wildman–Crippen MR) is 149 cm³/mol. The van der Waals surface area contributed by atoms with Crippen molar-refractivity contribution < 1.29 is 19.1 Å². The maximum Gasteiger partial charge on any atom is 0.358 e. The highest BCUT2D eigenvalue weighted by Gasteiger charge is 2.24. The van der Waals surface area contributed by atoms with E-state index < -0.39 is 5.97 Å². The summed E-state index contributed by atoms with van der Waals surface area (Å²) in [6.07, 6.45) is 1.57. The van der Waals surface area contributed by atoms with Crippen LogP contribution in [0.4, 0.5) is 5.69 Å². The second-order valence-electron chi connectivity index (χ2n) is 8.91. The van der Waals surface area contributed by atoms with E-state index in [0.717, 1.165) is 28.4 Å². The number of ether oxygens (including phenoxy) is 2. The average molecular weight is 546 g/mol. The van der Waals surface area contributed by atoms with Crippen molar-refractivity contribution in [3.63, 3.8) is 0 Å². The summed E-state index contributed by atoms with van der Waals surface area (Å²) in [4.78, 5) is 33.4. The summed E-state index contributed by atoms with van der Waals surface area (Å²) < 4.78 is 12.2. The number of methoxy groups -OCH3 is 1. The number of piperazine rings is 1. The van der Waals surface area contributed by atoms with Crippen LogP contribution >= 0.6 is 11.6 Å². The van der Waals surface area contributed by atoms with E-state index in [2.05, 4.69) is 15.0 Å². The first-order valence-corrected chi connectivity index (χ1v) is 13.0. The molecule has 1 fully saturated rings. The Bertz CT molecular complexity index is 1460. The minimum atomic E-state index is -0.470. The molecule has 0 unspecified atom stereocenters. The number of hydrogen-bond acceptors (Lipinski definition) is 7. The van der Waals surface area contributed by atoms with Crippen molar-refractivity contribution in [2.24, 2.45) is 0 Å². The molecule has 0 radical (unpaired) electrons. The third-order valence-corrected chi connectivity index (χ3v) is 6.90. The van der Waals surface area contributed by atoms with Crippen LogP contribution in [0.2, 0.25) is 5.15 Å². The second-order valence-corrected chi connectivity index (χ2v) is 9.27. The molecule has 0 atom stereocenters. The van der Waals surface area contributed by atoms with Gasteiger partial charge in [0, 0.05) is 43.6 Å². The molecule has 0 saturated carbocycles. The van der Waals surface area contributed by atoms with Gasteiger partial charge in [-0.1, -0.05) is 23.7 Å². The van der Waals surface area contributed by atoms with Gasteiger partial charge in [0.25, 0.3) is 5.91 Å². The van der Waals surface area contributed by atoms with E-state index in [1.807, 2.05) is 48.5 Å². The van der Waals surface area contributed by atoms with Crippen LogP contribution in [0.25, 0.3) is 16.9 Å². The molecule has 5 rings (SSSR count). The number of pyridine rings is 1. The van der Waals surface area contributed by atoms with Crippen LogP contribution < -0.4 is 9.64 Å². The fourth-order valence-electron chi connectivity index (χ4n) is 4.54. The molecule has 9 nitrogen and oxygen atoms in total. The highest BCUT2D eigenvalue weighted by molar-refractivity contribution is 6.32. The lowest BCUT2D eigenvalue weighted by Crippen LogP contribution is -2.48. The van der Waals surface area contributed by atoms with Crippen LogP contribution in [0.5, 0.6) is 5.75 Å². The summed E-state index contributed by atoms with van der Waals surface area (Å²) in [5.74, 6) is 0.155. The van der Waals surface area contributed by atoms with Gasteiger partial charge in [0.15, 0.2) is 5.69 Å². The number of nitrogens with zero attached hydrogens (tertiary/aromatic N) is 5. The first-order valence-electron chi connectivity index (χ1n) is 12.6. The first-order chi connectivity index (χ1) is 19.0. The molecule has 0 bridgehead atoms. The molecule has 0 N–H and O–H groups in total. The second kappa shape index (κ2) is 11.6. The monoisotopic (exact) mass is 545 g/mol. The van der Waals surface area contributed by atoms with Gasteiger partial charge < -0.3 is 19.3 Å². The maximum atomic E-state index is 12.9. The van der Waals surface area contributed by atoms with Crippen molar-refractivity contribution in [2.45, 2.75) is 6.92 Å². The number of carbonyl (C=O) groups excluding carboxylic acids is 2. The molecule has 3 heterocycles. The molecule has 4 aromatic rings. The molecule has 10 heteroatoms. The van der Waals surface area contributed by atoms with Crippen LogP contribution in [0.15, 0.2) is 72.9 Å². The SMILES string of the molecule is CCOC(=O)c1cc(-c2ccc(N3CCN(C(=O)c4cccnc4Cl)CC3)cc2)n(-c2ccc(OC)cc2)n1. The largest absolute Gasteiger partial charge is 0.497 e. The van der Waals surface area contributed by atoms with Crippen molar-refractivity contribution in [2.75, 3.05) is 44.8 Å². The first kappa shape index (κ1) is 26.2. The van der Waals surface area contributed by atoms with Gasteiger partial charge in [-0.05, 0) is 61.5 Å². The van der Waals surface area contributed by atoms with Gasteiger partial charge in [-0.25, -0.2) is 14.5 Å². The molecule has 2 aromatic heterocycles. The van der Waals surface area contributed by atoms with Crippen LogP contribution in [-0.2, 0) is 4.74 Å². The van der Waals surface area contributed by atoms with Gasteiger partial charge >= 0.3 is 5.97 Å². The van der Waals surface area contributed by atoms with Crippen molar-refractivity contribution in [1.82, 2.24) is 19.7 Å². The number of benzene rings is 2. The smallest absolute Gasteiger partial charge is 0.358 e. The summed E-state index contributed by atoms with van der Waals surface area (Å²) in [5.41, 5.74) is 4.16. The lowest BCUT2D eigenvalue weighted by Gasteiger charge is -2.36. The Morgan fingerprint density at radius 1 is 0.949 bits per heavy atom. The van der Waals surface area contributed by atoms with Crippen molar-refractivity contribution >= 4 is 29.2 Å². The van der Waals surface area contributed by atoms with Crippen LogP contribution in [-0.4, -0.2) is 71.4 Å². The zero-order valence-corrected chi connectivity index (χ0v) is 22.5. The third kappa shape index (κ3) is 5.58. The number of amides is 1. The fraction of sp³-hybridized carbons (Fsp3) is 0.241. The number of carbonyl (C=O) groups is 2. The number of halogens is 1. The topological polar surface area (TPSA) is 89.8 Å². The van der Waals surface area contributed by atoms with Crippen molar-refractivity contribution in [1.29, 1.82) is 0 Å². The Morgan fingerprint density at radius 2 is 1.64 bits per heavy atom. The van der Waals surface area contributed by atoms with E-state index in [4.69, 9.17) is 21.1 Å². The summed E-state index contributed by atoms with van der Waals surface area (Å²) >= 11 is 6.12. The molecule has 1 aliphatic rings. The van der Waals surface area contributed by atoms with Gasteiger partial charge in [-0.2, -0.15) is 5.10 Å². The molecule has 1 saturated heterocycles. The number of hydrogen-bond donors (Lipinski definition) is 0. The van der Waals surface area contributed by atoms with Gasteiger partial charge in [0.1, 0.15) is 10.9 Å². The van der Waals surface area contributed by atoms with Gasteiger partial charge in [0.2, 0.25) is 0 Å². The molecule has 0 aliphatic carbocycles. The zero-order chi connectivity index (χ0) is 27.4. The van der Waals surface area contributed by atoms with E-state index in [1.54, 1.807) is 48.0 Å². The summed E-state index contributed by atoms with van der Waals surface area (Å²) in [7, 11) is 1.61. The lowest BCUT2D eigenvalue weighted by atomic mass is 10.1. The molecule has 2 aromatic carbocycles. The third-order valence-electron chi connectivity index (χ3n) is 6.60. The number of rotatable bonds is 7. The summed E-state index contributed by atoms with van der Waals surface area (Å²) in [5, 5.41) is 4.76. The molecular formula is C29H28ClN5O4. The lowest BCUT2D eigenvalue weighted by molar-refractivity contribution is 0.0518. The van der Waals surface area contributed by atoms with E-state index in [1.165, 1.54) is 0 Å². The average Bonchev–Trinajstić information content (AvgIpc) is 3.43. The van der Waals surface area contributed by atoms with Crippen LogP contribution in [0.1, 0.15) is 27.8 Å². The Kier molecular flexibility index (Phi) is 7.79. The van der Waals surface area contributed by atoms with E-state index in [9.17, 15) is 9.59 Å². The standard InChI is InChI=1S/C29H28ClN5O4/c1-3-39-29(37)25-19-26(35(32-25)22-10-12-23(38-2)13-11-22)20-6-8-21(9-7-20)33-15-17-34(18-16-33)28(36)24-5-4-14-31-27(24)30/h4-14,19H,3,15-18H2,1-2H3. The quantitative estimate of drug-likeness (QED) is 0.245. The Morgan fingerprint density at radius 3 is 2.28 bits per heavy atom. The van der Waals surface area contributed by atoms with Gasteiger partial charge in [-0.3, -0.25) is 4.79 Å². The Balaban J connectivity index is 1.34. The van der Waals surface area contributed by atoms with Crippen molar-refractivity contribution in [3.05, 3.63) is 89.3 Å². The van der Waals surface area contributed by atoms with E-state index in [-0.39, 0.29) is 23.4 Å². The van der Waals surface area contributed by atoms with Crippen LogP contribution in [0.3, 0.4) is 0 Å².